The number of hydrogen-bond donors (Lipinski definition) is 2. The van der Waals surface area contributed by atoms with Crippen LogP contribution in [0.1, 0.15) is 24.8 Å². The highest BCUT2D eigenvalue weighted by Crippen LogP contribution is 2.41. The predicted molar refractivity (Wildman–Crippen MR) is 148 cm³/mol. The number of ether oxygens (including phenoxy) is 3. The first-order valence-electron chi connectivity index (χ1n) is 13.1. The number of carbonyl (C=O) groups excluding carboxylic acids is 1. The van der Waals surface area contributed by atoms with Gasteiger partial charge in [-0.05, 0) is 48.7 Å². The molecule has 0 aliphatic carbocycles. The molecule has 3 aromatic rings. The van der Waals surface area contributed by atoms with Gasteiger partial charge in [0.1, 0.15) is 19.0 Å². The zero-order chi connectivity index (χ0) is 26.5. The van der Waals surface area contributed by atoms with Crippen molar-refractivity contribution in [3.8, 4) is 39.5 Å². The molecule has 2 N–H and O–H groups in total. The lowest BCUT2D eigenvalue weighted by Gasteiger charge is -2.35. The van der Waals surface area contributed by atoms with Crippen molar-refractivity contribution in [1.82, 2.24) is 10.2 Å². The number of likely N-dealkylation sites (tertiary alicyclic amines) is 1. The summed E-state index contributed by atoms with van der Waals surface area (Å²) in [5.41, 5.74) is 4.74. The van der Waals surface area contributed by atoms with Crippen LogP contribution in [0.4, 0.5) is 0 Å². The third kappa shape index (κ3) is 5.60. The van der Waals surface area contributed by atoms with E-state index in [1.165, 1.54) is 0 Å². The molecule has 8 heteroatoms. The minimum atomic E-state index is -0.211. The third-order valence-electron chi connectivity index (χ3n) is 7.15. The van der Waals surface area contributed by atoms with Crippen molar-refractivity contribution in [2.75, 3.05) is 40.0 Å². The number of benzene rings is 3. The van der Waals surface area contributed by atoms with Crippen LogP contribution in [0.25, 0.3) is 22.3 Å². The number of methoxy groups -OCH3 is 1. The normalized spacial score (nSPS) is 17.2. The first-order valence-corrected chi connectivity index (χ1v) is 13.5. The maximum Gasteiger partial charge on any atom is 0.237 e. The standard InChI is InChI=1S/C30H33ClN2O5/c1-36-27-17-20(8-9-22(27)19-33-13-3-2-7-25(33)30(35)32-12-14-34)23-5-4-6-24(29(23)31)21-10-11-26-28(18-21)38-16-15-37-26/h4-6,8-11,17-18,25,34H,2-3,7,12-16,19H2,1H3,(H,32,35). The van der Waals surface area contributed by atoms with Gasteiger partial charge < -0.3 is 24.6 Å². The van der Waals surface area contributed by atoms with Gasteiger partial charge in [0.15, 0.2) is 11.5 Å². The molecular weight excluding hydrogens is 504 g/mol. The molecule has 7 nitrogen and oxygen atoms in total. The Hall–Kier alpha value is -3.26. The lowest BCUT2D eigenvalue weighted by molar-refractivity contribution is -0.128. The molecule has 0 radical (unpaired) electrons. The van der Waals surface area contributed by atoms with Gasteiger partial charge in [0.25, 0.3) is 0 Å². The van der Waals surface area contributed by atoms with E-state index in [2.05, 4.69) is 22.3 Å². The van der Waals surface area contributed by atoms with E-state index in [4.69, 9.17) is 30.9 Å². The van der Waals surface area contributed by atoms with Crippen LogP contribution in [0.5, 0.6) is 17.2 Å². The van der Waals surface area contributed by atoms with Crippen LogP contribution < -0.4 is 19.5 Å². The summed E-state index contributed by atoms with van der Waals surface area (Å²) in [6.07, 6.45) is 2.87. The minimum absolute atomic E-state index is 0.0305. The van der Waals surface area contributed by atoms with E-state index in [1.54, 1.807) is 7.11 Å². The third-order valence-corrected chi connectivity index (χ3v) is 7.56. The molecule has 38 heavy (non-hydrogen) atoms. The second kappa shape index (κ2) is 12.1. The monoisotopic (exact) mass is 536 g/mol. The molecule has 0 saturated carbocycles. The van der Waals surface area contributed by atoms with Crippen LogP contribution in [0.2, 0.25) is 5.02 Å². The van der Waals surface area contributed by atoms with Crippen LogP contribution >= 0.6 is 11.6 Å². The molecule has 0 bridgehead atoms. The molecule has 0 aromatic heterocycles. The molecule has 2 heterocycles. The zero-order valence-electron chi connectivity index (χ0n) is 21.5. The number of aliphatic hydroxyl groups excluding tert-OH is 1. The van der Waals surface area contributed by atoms with Crippen molar-refractivity contribution in [3.63, 3.8) is 0 Å². The summed E-state index contributed by atoms with van der Waals surface area (Å²) in [6, 6.07) is 17.8. The van der Waals surface area contributed by atoms with Crippen molar-refractivity contribution < 1.29 is 24.1 Å². The van der Waals surface area contributed by atoms with E-state index in [9.17, 15) is 4.79 Å². The second-order valence-electron chi connectivity index (χ2n) is 9.55. The van der Waals surface area contributed by atoms with Crippen molar-refractivity contribution in [2.24, 2.45) is 0 Å². The molecule has 0 spiro atoms. The Bertz CT molecular complexity index is 1300. The van der Waals surface area contributed by atoms with Crippen LogP contribution in [0, 0.1) is 0 Å². The van der Waals surface area contributed by atoms with E-state index >= 15 is 0 Å². The van der Waals surface area contributed by atoms with E-state index in [0.717, 1.165) is 70.9 Å². The van der Waals surface area contributed by atoms with Gasteiger partial charge >= 0.3 is 0 Å². The highest BCUT2D eigenvalue weighted by Gasteiger charge is 2.29. The number of hydrogen-bond acceptors (Lipinski definition) is 6. The number of aliphatic hydroxyl groups is 1. The Morgan fingerprint density at radius 2 is 1.79 bits per heavy atom. The number of carbonyl (C=O) groups is 1. The van der Waals surface area contributed by atoms with Crippen molar-refractivity contribution in [2.45, 2.75) is 31.8 Å². The van der Waals surface area contributed by atoms with Gasteiger partial charge in [-0.3, -0.25) is 9.69 Å². The zero-order valence-corrected chi connectivity index (χ0v) is 22.3. The average molecular weight is 537 g/mol. The Labute approximate surface area is 228 Å². The fourth-order valence-corrected chi connectivity index (χ4v) is 5.57. The molecule has 1 saturated heterocycles. The molecule has 5 rings (SSSR count). The van der Waals surface area contributed by atoms with Crippen LogP contribution in [-0.2, 0) is 11.3 Å². The summed E-state index contributed by atoms with van der Waals surface area (Å²) in [5, 5.41) is 12.6. The van der Waals surface area contributed by atoms with E-state index < -0.39 is 0 Å². The second-order valence-corrected chi connectivity index (χ2v) is 9.93. The van der Waals surface area contributed by atoms with Crippen LogP contribution in [-0.4, -0.2) is 62.0 Å². The Morgan fingerprint density at radius 1 is 1.05 bits per heavy atom. The van der Waals surface area contributed by atoms with Gasteiger partial charge in [-0.15, -0.1) is 0 Å². The molecule has 1 amide bonds. The highest BCUT2D eigenvalue weighted by atomic mass is 35.5. The Balaban J connectivity index is 1.40. The summed E-state index contributed by atoms with van der Waals surface area (Å²) in [7, 11) is 1.66. The van der Waals surface area contributed by atoms with Gasteiger partial charge in [0, 0.05) is 29.8 Å². The Morgan fingerprint density at radius 3 is 2.55 bits per heavy atom. The molecular formula is C30H33ClN2O5. The number of piperidine rings is 1. The minimum Gasteiger partial charge on any atom is -0.496 e. The van der Waals surface area contributed by atoms with Gasteiger partial charge in [-0.2, -0.15) is 0 Å². The summed E-state index contributed by atoms with van der Waals surface area (Å²) in [6.45, 7) is 2.73. The van der Waals surface area contributed by atoms with Gasteiger partial charge in [-0.25, -0.2) is 0 Å². The van der Waals surface area contributed by atoms with Crippen LogP contribution in [0.3, 0.4) is 0 Å². The number of fused-ring (bicyclic) bond motifs is 1. The maximum atomic E-state index is 12.7. The van der Waals surface area contributed by atoms with Crippen molar-refractivity contribution >= 4 is 17.5 Å². The fourth-order valence-electron chi connectivity index (χ4n) is 5.22. The van der Waals surface area contributed by atoms with E-state index in [1.807, 2.05) is 42.5 Å². The predicted octanol–water partition coefficient (Wildman–Crippen LogP) is 4.92. The lowest BCUT2D eigenvalue weighted by atomic mass is 9.96. The fraction of sp³-hybridized carbons (Fsp3) is 0.367. The SMILES string of the molecule is COc1cc(-c2cccc(-c3ccc4c(c3)OCCO4)c2Cl)ccc1CN1CCCCC1C(=O)NCCO. The summed E-state index contributed by atoms with van der Waals surface area (Å²) >= 11 is 6.96. The molecule has 1 atom stereocenters. The number of amides is 1. The number of halogens is 1. The van der Waals surface area contributed by atoms with Crippen LogP contribution in [0.15, 0.2) is 54.6 Å². The summed E-state index contributed by atoms with van der Waals surface area (Å²) in [4.78, 5) is 14.9. The topological polar surface area (TPSA) is 80.3 Å². The molecule has 2 aliphatic heterocycles. The first kappa shape index (κ1) is 26.4. The van der Waals surface area contributed by atoms with Gasteiger partial charge in [-0.1, -0.05) is 54.4 Å². The Kier molecular flexibility index (Phi) is 8.37. The molecule has 2 aliphatic rings. The number of rotatable bonds is 8. The first-order chi connectivity index (χ1) is 18.6. The van der Waals surface area contributed by atoms with Crippen molar-refractivity contribution in [1.29, 1.82) is 0 Å². The quantitative estimate of drug-likeness (QED) is 0.425. The van der Waals surface area contributed by atoms with E-state index in [-0.39, 0.29) is 25.1 Å². The smallest absolute Gasteiger partial charge is 0.237 e. The number of nitrogens with zero attached hydrogens (tertiary/aromatic N) is 1. The van der Waals surface area contributed by atoms with Crippen molar-refractivity contribution in [3.05, 3.63) is 65.2 Å². The largest absolute Gasteiger partial charge is 0.496 e. The lowest BCUT2D eigenvalue weighted by Crippen LogP contribution is -2.49. The molecule has 1 unspecified atom stereocenters. The van der Waals surface area contributed by atoms with Gasteiger partial charge in [0.05, 0.1) is 24.8 Å². The molecule has 1 fully saturated rings. The maximum absolute atomic E-state index is 12.7. The van der Waals surface area contributed by atoms with E-state index in [0.29, 0.717) is 24.8 Å². The molecule has 200 valence electrons. The molecule has 3 aromatic carbocycles. The summed E-state index contributed by atoms with van der Waals surface area (Å²) < 4.78 is 17.2. The summed E-state index contributed by atoms with van der Waals surface area (Å²) in [5.74, 6) is 2.19. The average Bonchev–Trinajstić information content (AvgIpc) is 2.96. The number of nitrogens with one attached hydrogen (secondary N) is 1. The van der Waals surface area contributed by atoms with Gasteiger partial charge in [0.2, 0.25) is 5.91 Å². The highest BCUT2D eigenvalue weighted by molar-refractivity contribution is 6.36.